The normalized spacial score (nSPS) is 44.0. The summed E-state index contributed by atoms with van der Waals surface area (Å²) < 4.78 is 50.4. The molecule has 4 aliphatic heterocycles. The number of hydrogen-bond donors (Lipinski definition) is 13. The van der Waals surface area contributed by atoms with E-state index in [-0.39, 0.29) is 52.9 Å². The fraction of sp³-hybridized carbons (Fsp3) is 1.00. The van der Waals surface area contributed by atoms with Crippen molar-refractivity contribution in [3.05, 3.63) is 0 Å². The van der Waals surface area contributed by atoms with Gasteiger partial charge >= 0.3 is 0 Å². The lowest BCUT2D eigenvalue weighted by Crippen LogP contribution is -2.61. The molecule has 4 heterocycles. The van der Waals surface area contributed by atoms with Crippen LogP contribution in [-0.2, 0) is 42.6 Å². The van der Waals surface area contributed by atoms with Crippen molar-refractivity contribution in [1.82, 2.24) is 0 Å². The van der Waals surface area contributed by atoms with E-state index in [1.807, 2.05) is 0 Å². The topological polar surface area (TPSA) is 346 Å². The van der Waals surface area contributed by atoms with Gasteiger partial charge in [0.15, 0.2) is 12.6 Å². The van der Waals surface area contributed by atoms with Crippen molar-refractivity contribution in [1.29, 1.82) is 0 Å². The highest BCUT2D eigenvalue weighted by Crippen LogP contribution is 2.37. The maximum atomic E-state index is 10.8. The lowest BCUT2D eigenvalue weighted by atomic mass is 9.75. The summed E-state index contributed by atoms with van der Waals surface area (Å²) in [5, 5.41) is 136. The number of aliphatic hydroxyl groups excluding tert-OH is 13. The Kier molecular flexibility index (Phi) is 19.9. The quantitative estimate of drug-likeness (QED) is 0.0510. The van der Waals surface area contributed by atoms with Gasteiger partial charge in [-0.05, 0) is 13.8 Å². The Morgan fingerprint density at radius 1 is 0.441 bits per heavy atom. The van der Waals surface area contributed by atoms with Crippen molar-refractivity contribution in [2.75, 3.05) is 72.7 Å². The first-order valence-corrected chi connectivity index (χ1v) is 20.1. The van der Waals surface area contributed by atoms with Gasteiger partial charge in [-0.2, -0.15) is 0 Å². The van der Waals surface area contributed by atoms with Crippen LogP contribution >= 0.6 is 0 Å². The standard InChI is InChI=1S/C37H68O22/c1-16(39)6-51-11-22-18(27(41)30(44)21(5-38)56-22)8-53-12-23-31(45)28(42)19(35(49)58-23)9-54-13-24-32(46)29(43)20(36(50)59-24)10-55-14-25-33(47)34(48)37(3,4)26(57-25)15-52-7-17(2)40/h16-36,38-50H,5-15H2,1-4H3. The van der Waals surface area contributed by atoms with Gasteiger partial charge in [-0.25, -0.2) is 0 Å². The van der Waals surface area contributed by atoms with E-state index >= 15 is 0 Å². The van der Waals surface area contributed by atoms with Gasteiger partial charge in [-0.3, -0.25) is 0 Å². The molecule has 59 heavy (non-hydrogen) atoms. The molecule has 4 rings (SSSR count). The summed E-state index contributed by atoms with van der Waals surface area (Å²) >= 11 is 0. The van der Waals surface area contributed by atoms with Gasteiger partial charge < -0.3 is 109 Å². The molecule has 21 atom stereocenters. The molecule has 4 saturated heterocycles. The van der Waals surface area contributed by atoms with E-state index in [4.69, 9.17) is 42.6 Å². The lowest BCUT2D eigenvalue weighted by molar-refractivity contribution is -0.294. The molecule has 0 radical (unpaired) electrons. The zero-order valence-corrected chi connectivity index (χ0v) is 33.9. The van der Waals surface area contributed by atoms with Crippen LogP contribution in [0.1, 0.15) is 27.7 Å². The van der Waals surface area contributed by atoms with Gasteiger partial charge in [0.1, 0.15) is 48.8 Å². The first-order valence-electron chi connectivity index (χ1n) is 20.1. The highest BCUT2D eigenvalue weighted by molar-refractivity contribution is 4.98. The fourth-order valence-corrected chi connectivity index (χ4v) is 7.62. The summed E-state index contributed by atoms with van der Waals surface area (Å²) in [6.45, 7) is 3.77. The van der Waals surface area contributed by atoms with Crippen molar-refractivity contribution in [3.8, 4) is 0 Å². The van der Waals surface area contributed by atoms with Crippen LogP contribution in [0.25, 0.3) is 0 Å². The zero-order valence-electron chi connectivity index (χ0n) is 33.9. The second-order valence-corrected chi connectivity index (χ2v) is 16.8. The Balaban J connectivity index is 1.21. The third-order valence-corrected chi connectivity index (χ3v) is 11.6. The average Bonchev–Trinajstić information content (AvgIpc) is 3.17. The van der Waals surface area contributed by atoms with Crippen molar-refractivity contribution < 1.29 is 109 Å². The Bertz CT molecular complexity index is 1200. The molecular formula is C37H68O22. The minimum atomic E-state index is -1.67. The number of ether oxygens (including phenoxy) is 9. The van der Waals surface area contributed by atoms with E-state index in [2.05, 4.69) is 0 Å². The first-order chi connectivity index (χ1) is 27.8. The van der Waals surface area contributed by atoms with E-state index < -0.39 is 153 Å². The van der Waals surface area contributed by atoms with Crippen LogP contribution in [0.3, 0.4) is 0 Å². The number of hydrogen-bond acceptors (Lipinski definition) is 22. The van der Waals surface area contributed by atoms with Gasteiger partial charge in [-0.15, -0.1) is 0 Å². The second-order valence-electron chi connectivity index (χ2n) is 16.8. The molecule has 0 aromatic rings. The van der Waals surface area contributed by atoms with Gasteiger partial charge in [0.05, 0.1) is 133 Å². The van der Waals surface area contributed by atoms with Gasteiger partial charge in [0.2, 0.25) is 0 Å². The second kappa shape index (κ2) is 23.2. The van der Waals surface area contributed by atoms with Gasteiger partial charge in [-0.1, -0.05) is 13.8 Å². The van der Waals surface area contributed by atoms with Crippen molar-refractivity contribution >= 4 is 0 Å². The predicted octanol–water partition coefficient (Wildman–Crippen LogP) is -6.45. The largest absolute Gasteiger partial charge is 0.394 e. The van der Waals surface area contributed by atoms with Crippen molar-refractivity contribution in [2.45, 2.75) is 138 Å². The zero-order chi connectivity index (χ0) is 43.8. The summed E-state index contributed by atoms with van der Waals surface area (Å²) in [5.41, 5.74) is -0.907. The number of rotatable bonds is 21. The summed E-state index contributed by atoms with van der Waals surface area (Å²) in [6.07, 6.45) is -22.7. The first kappa shape index (κ1) is 50.8. The molecule has 0 aliphatic carbocycles. The highest BCUT2D eigenvalue weighted by Gasteiger charge is 2.51. The SMILES string of the molecule is CC(O)COCC1OC(CO)C(O)C(O)C1COCC1OC(O)C(COCC2OC(O)C(COCC3OC(COCC(C)O)C(C)(C)C(O)C3O)C(O)C2O)C(O)C1O. The van der Waals surface area contributed by atoms with E-state index in [0.717, 1.165) is 0 Å². The Hall–Kier alpha value is -0.880. The third kappa shape index (κ3) is 13.1. The Morgan fingerprint density at radius 2 is 0.831 bits per heavy atom. The minimum Gasteiger partial charge on any atom is -0.394 e. The van der Waals surface area contributed by atoms with E-state index in [0.29, 0.717) is 0 Å². The predicted molar refractivity (Wildman–Crippen MR) is 196 cm³/mol. The molecule has 0 bridgehead atoms. The molecular weight excluding hydrogens is 796 g/mol. The molecule has 0 saturated carbocycles. The Morgan fingerprint density at radius 3 is 1.29 bits per heavy atom. The van der Waals surface area contributed by atoms with E-state index in [9.17, 15) is 66.4 Å². The number of aliphatic hydroxyl groups is 13. The monoisotopic (exact) mass is 864 g/mol. The average molecular weight is 865 g/mol. The van der Waals surface area contributed by atoms with Crippen LogP contribution in [0.15, 0.2) is 0 Å². The van der Waals surface area contributed by atoms with Crippen LogP contribution in [0, 0.1) is 23.2 Å². The molecule has 4 fully saturated rings. The van der Waals surface area contributed by atoms with Gasteiger partial charge in [0, 0.05) is 11.3 Å². The van der Waals surface area contributed by atoms with Crippen LogP contribution < -0.4 is 0 Å². The molecule has 4 aliphatic rings. The molecule has 22 heteroatoms. The molecule has 0 aromatic carbocycles. The smallest absolute Gasteiger partial charge is 0.162 e. The van der Waals surface area contributed by atoms with Crippen LogP contribution in [-0.4, -0.2) is 249 Å². The molecule has 0 spiro atoms. The summed E-state index contributed by atoms with van der Waals surface area (Å²) in [7, 11) is 0. The van der Waals surface area contributed by atoms with E-state index in [1.165, 1.54) is 6.92 Å². The van der Waals surface area contributed by atoms with Crippen molar-refractivity contribution in [2.24, 2.45) is 23.2 Å². The summed E-state index contributed by atoms with van der Waals surface area (Å²) in [5.74, 6) is -3.21. The fourth-order valence-electron chi connectivity index (χ4n) is 7.62. The summed E-state index contributed by atoms with van der Waals surface area (Å²) in [4.78, 5) is 0. The minimum absolute atomic E-state index is 0.0265. The third-order valence-electron chi connectivity index (χ3n) is 11.6. The lowest BCUT2D eigenvalue weighted by Gasteiger charge is -2.48. The van der Waals surface area contributed by atoms with Crippen LogP contribution in [0.4, 0.5) is 0 Å². The van der Waals surface area contributed by atoms with Crippen LogP contribution in [0.5, 0.6) is 0 Å². The van der Waals surface area contributed by atoms with Crippen LogP contribution in [0.2, 0.25) is 0 Å². The van der Waals surface area contributed by atoms with Gasteiger partial charge in [0.25, 0.3) is 0 Å². The van der Waals surface area contributed by atoms with E-state index in [1.54, 1.807) is 20.8 Å². The summed E-state index contributed by atoms with van der Waals surface area (Å²) in [6, 6.07) is 0. The molecule has 22 nitrogen and oxygen atoms in total. The Labute approximate surface area is 342 Å². The molecule has 348 valence electrons. The maximum absolute atomic E-state index is 10.8. The van der Waals surface area contributed by atoms with Crippen molar-refractivity contribution in [3.63, 3.8) is 0 Å². The highest BCUT2D eigenvalue weighted by atomic mass is 16.7. The maximum Gasteiger partial charge on any atom is 0.162 e. The molecule has 0 aromatic heterocycles. The molecule has 13 N–H and O–H groups in total. The molecule has 0 amide bonds. The molecule has 21 unspecified atom stereocenters.